The maximum atomic E-state index is 10.6. The molecule has 92 valence electrons. The van der Waals surface area contributed by atoms with Gasteiger partial charge in [-0.3, -0.25) is 4.79 Å². The molecular weight excluding hydrogens is 266 g/mol. The number of nitrogens with zero attached hydrogens (tertiary/aromatic N) is 1. The van der Waals surface area contributed by atoms with Crippen molar-refractivity contribution < 1.29 is 4.79 Å². The van der Waals surface area contributed by atoms with E-state index in [4.69, 9.17) is 11.6 Å². The molecule has 1 aromatic heterocycles. The highest BCUT2D eigenvalue weighted by atomic mass is 35.5. The van der Waals surface area contributed by atoms with E-state index in [1.165, 1.54) is 5.56 Å². The number of aryl methyl sites for hydroxylation is 1. The van der Waals surface area contributed by atoms with Gasteiger partial charge in [-0.1, -0.05) is 23.7 Å². The summed E-state index contributed by atoms with van der Waals surface area (Å²) in [6.45, 7) is 1.96. The van der Waals surface area contributed by atoms with E-state index >= 15 is 0 Å². The van der Waals surface area contributed by atoms with Crippen LogP contribution in [0.4, 0.5) is 0 Å². The number of aromatic nitrogens is 1. The fourth-order valence-electron chi connectivity index (χ4n) is 1.53. The van der Waals surface area contributed by atoms with Crippen LogP contribution in [-0.2, 0) is 5.75 Å². The predicted molar refractivity (Wildman–Crippen MR) is 75.4 cm³/mol. The molecule has 4 heteroatoms. The molecule has 18 heavy (non-hydrogen) atoms. The third kappa shape index (κ3) is 3.34. The summed E-state index contributed by atoms with van der Waals surface area (Å²) in [6, 6.07) is 9.62. The Balaban J connectivity index is 2.06. The van der Waals surface area contributed by atoms with Gasteiger partial charge in [-0.2, -0.15) is 0 Å². The normalized spacial score (nSPS) is 10.3. The Morgan fingerprint density at radius 3 is 2.67 bits per heavy atom. The molecule has 0 amide bonds. The van der Waals surface area contributed by atoms with Gasteiger partial charge in [-0.25, -0.2) is 4.98 Å². The predicted octanol–water partition coefficient (Wildman–Crippen LogP) is 4.15. The number of rotatable bonds is 4. The van der Waals surface area contributed by atoms with Gasteiger partial charge in [-0.05, 0) is 36.2 Å². The van der Waals surface area contributed by atoms with Gasteiger partial charge >= 0.3 is 0 Å². The van der Waals surface area contributed by atoms with Crippen molar-refractivity contribution in [3.05, 3.63) is 58.2 Å². The third-order valence-electron chi connectivity index (χ3n) is 2.48. The number of hydrogen-bond donors (Lipinski definition) is 0. The number of thioether (sulfide) groups is 1. The second kappa shape index (κ2) is 6.03. The first-order valence-electron chi connectivity index (χ1n) is 5.48. The summed E-state index contributed by atoms with van der Waals surface area (Å²) in [5.41, 5.74) is 2.84. The fraction of sp³-hybridized carbons (Fsp3) is 0.143. The first-order chi connectivity index (χ1) is 8.69. The summed E-state index contributed by atoms with van der Waals surface area (Å²) in [4.78, 5) is 14.9. The van der Waals surface area contributed by atoms with Crippen molar-refractivity contribution in [1.29, 1.82) is 0 Å². The zero-order valence-corrected chi connectivity index (χ0v) is 11.5. The quantitative estimate of drug-likeness (QED) is 0.621. The smallest absolute Gasteiger partial charge is 0.151 e. The Morgan fingerprint density at radius 1 is 1.33 bits per heavy atom. The fourth-order valence-corrected chi connectivity index (χ4v) is 2.57. The van der Waals surface area contributed by atoms with Crippen molar-refractivity contribution in [3.63, 3.8) is 0 Å². The van der Waals surface area contributed by atoms with Crippen molar-refractivity contribution >= 4 is 29.6 Å². The molecule has 0 radical (unpaired) electrons. The van der Waals surface area contributed by atoms with Crippen LogP contribution in [0, 0.1) is 6.92 Å². The molecule has 0 saturated heterocycles. The maximum Gasteiger partial charge on any atom is 0.151 e. The topological polar surface area (TPSA) is 30.0 Å². The molecule has 0 atom stereocenters. The van der Waals surface area contributed by atoms with Crippen LogP contribution in [0.1, 0.15) is 21.5 Å². The first-order valence-corrected chi connectivity index (χ1v) is 6.84. The van der Waals surface area contributed by atoms with Crippen LogP contribution in [0.3, 0.4) is 0 Å². The van der Waals surface area contributed by atoms with Crippen LogP contribution in [-0.4, -0.2) is 11.3 Å². The van der Waals surface area contributed by atoms with Gasteiger partial charge in [0.1, 0.15) is 0 Å². The SMILES string of the molecule is Cc1cc(C=O)cnc1SCc1ccc(Cl)cc1. The number of carbonyl (C=O) groups is 1. The van der Waals surface area contributed by atoms with E-state index in [2.05, 4.69) is 4.98 Å². The van der Waals surface area contributed by atoms with Crippen LogP contribution >= 0.6 is 23.4 Å². The van der Waals surface area contributed by atoms with Crippen molar-refractivity contribution in [1.82, 2.24) is 4.98 Å². The molecule has 0 aliphatic carbocycles. The lowest BCUT2D eigenvalue weighted by Gasteiger charge is -2.05. The Morgan fingerprint density at radius 2 is 2.06 bits per heavy atom. The monoisotopic (exact) mass is 277 g/mol. The van der Waals surface area contributed by atoms with Crippen LogP contribution < -0.4 is 0 Å². The van der Waals surface area contributed by atoms with E-state index < -0.39 is 0 Å². The minimum atomic E-state index is 0.614. The number of benzene rings is 1. The minimum Gasteiger partial charge on any atom is -0.298 e. The summed E-state index contributed by atoms with van der Waals surface area (Å²) in [5, 5.41) is 1.70. The summed E-state index contributed by atoms with van der Waals surface area (Å²) in [5.74, 6) is 0.839. The van der Waals surface area contributed by atoms with Gasteiger partial charge in [0.2, 0.25) is 0 Å². The van der Waals surface area contributed by atoms with Gasteiger partial charge in [0.15, 0.2) is 6.29 Å². The van der Waals surface area contributed by atoms with Crippen LogP contribution in [0.2, 0.25) is 5.02 Å². The van der Waals surface area contributed by atoms with E-state index in [0.717, 1.165) is 27.7 Å². The maximum absolute atomic E-state index is 10.6. The lowest BCUT2D eigenvalue weighted by Crippen LogP contribution is -1.90. The van der Waals surface area contributed by atoms with Gasteiger partial charge in [0.05, 0.1) is 5.03 Å². The van der Waals surface area contributed by atoms with Crippen molar-refractivity contribution in [2.75, 3.05) is 0 Å². The summed E-state index contributed by atoms with van der Waals surface area (Å²) < 4.78 is 0. The van der Waals surface area contributed by atoms with E-state index in [9.17, 15) is 4.79 Å². The van der Waals surface area contributed by atoms with Gasteiger partial charge in [0, 0.05) is 22.5 Å². The van der Waals surface area contributed by atoms with Crippen molar-refractivity contribution in [2.24, 2.45) is 0 Å². The molecule has 0 aliphatic rings. The Labute approximate surface area is 115 Å². The molecule has 0 aliphatic heterocycles. The highest BCUT2D eigenvalue weighted by molar-refractivity contribution is 7.98. The minimum absolute atomic E-state index is 0.614. The Hall–Kier alpha value is -1.32. The molecule has 0 bridgehead atoms. The standard InChI is InChI=1S/C14H12ClNOS/c1-10-6-12(8-17)7-16-14(10)18-9-11-2-4-13(15)5-3-11/h2-8H,9H2,1H3. The lowest BCUT2D eigenvalue weighted by molar-refractivity contribution is 0.112. The number of aldehydes is 1. The molecule has 2 aromatic rings. The molecule has 2 nitrogen and oxygen atoms in total. The molecule has 2 rings (SSSR count). The molecule has 0 saturated carbocycles. The van der Waals surface area contributed by atoms with Crippen molar-refractivity contribution in [2.45, 2.75) is 17.7 Å². The largest absolute Gasteiger partial charge is 0.298 e. The number of pyridine rings is 1. The third-order valence-corrected chi connectivity index (χ3v) is 3.91. The zero-order chi connectivity index (χ0) is 13.0. The number of halogens is 1. The lowest BCUT2D eigenvalue weighted by atomic mass is 10.2. The van der Waals surface area contributed by atoms with Gasteiger partial charge in [0.25, 0.3) is 0 Å². The average molecular weight is 278 g/mol. The number of hydrogen-bond acceptors (Lipinski definition) is 3. The number of carbonyl (C=O) groups excluding carboxylic acids is 1. The summed E-state index contributed by atoms with van der Waals surface area (Å²) in [6.07, 6.45) is 2.41. The molecule has 0 spiro atoms. The van der Waals surface area contributed by atoms with Crippen LogP contribution in [0.5, 0.6) is 0 Å². The van der Waals surface area contributed by atoms with Crippen LogP contribution in [0.25, 0.3) is 0 Å². The van der Waals surface area contributed by atoms with Crippen LogP contribution in [0.15, 0.2) is 41.6 Å². The Bertz CT molecular complexity index is 554. The average Bonchev–Trinajstić information content (AvgIpc) is 2.39. The molecule has 0 N–H and O–H groups in total. The first kappa shape index (κ1) is 13.1. The van der Waals surface area contributed by atoms with Gasteiger partial charge < -0.3 is 0 Å². The highest BCUT2D eigenvalue weighted by Gasteiger charge is 2.03. The van der Waals surface area contributed by atoms with E-state index in [-0.39, 0.29) is 0 Å². The summed E-state index contributed by atoms with van der Waals surface area (Å²) >= 11 is 7.49. The molecule has 1 aromatic carbocycles. The molecular formula is C14H12ClNOS. The zero-order valence-electron chi connectivity index (χ0n) is 9.89. The van der Waals surface area contributed by atoms with E-state index in [0.29, 0.717) is 5.56 Å². The highest BCUT2D eigenvalue weighted by Crippen LogP contribution is 2.24. The molecule has 0 fully saturated rings. The van der Waals surface area contributed by atoms with Crippen molar-refractivity contribution in [3.8, 4) is 0 Å². The van der Waals surface area contributed by atoms with Gasteiger partial charge in [-0.15, -0.1) is 11.8 Å². The van der Waals surface area contributed by atoms with E-state index in [1.54, 1.807) is 18.0 Å². The molecule has 0 unspecified atom stereocenters. The summed E-state index contributed by atoms with van der Waals surface area (Å²) in [7, 11) is 0. The Kier molecular flexibility index (Phi) is 4.39. The van der Waals surface area contributed by atoms with E-state index in [1.807, 2.05) is 37.3 Å². The second-order valence-corrected chi connectivity index (χ2v) is 5.32. The second-order valence-electron chi connectivity index (χ2n) is 3.92. The molecule has 1 heterocycles.